The quantitative estimate of drug-likeness (QED) is 0.408. The van der Waals surface area contributed by atoms with Crippen molar-refractivity contribution in [3.8, 4) is 0 Å². The van der Waals surface area contributed by atoms with E-state index in [4.69, 9.17) is 10.1 Å². The molecule has 2 aliphatic rings. The number of nitrogens with zero attached hydrogens (tertiary/aromatic N) is 2. The number of fused-ring (bicyclic) bond motifs is 1. The first-order valence-electron chi connectivity index (χ1n) is 13.5. The minimum absolute atomic E-state index is 0.0179. The van der Waals surface area contributed by atoms with E-state index in [1.54, 1.807) is 6.92 Å². The van der Waals surface area contributed by atoms with Crippen LogP contribution in [0, 0.1) is 17.8 Å². The summed E-state index contributed by atoms with van der Waals surface area (Å²) in [5.41, 5.74) is 1.48. The van der Waals surface area contributed by atoms with Crippen LogP contribution in [0.4, 0.5) is 10.6 Å². The fraction of sp³-hybridized carbons (Fsp3) is 0.571. The summed E-state index contributed by atoms with van der Waals surface area (Å²) in [5, 5.41) is 18.2. The lowest BCUT2D eigenvalue weighted by Gasteiger charge is -2.33. The molecule has 37 heavy (non-hydrogen) atoms. The highest BCUT2D eigenvalue weighted by Gasteiger charge is 2.24. The second kappa shape index (κ2) is 12.7. The summed E-state index contributed by atoms with van der Waals surface area (Å²) in [6.07, 6.45) is 6.04. The molecule has 9 nitrogen and oxygen atoms in total. The van der Waals surface area contributed by atoms with E-state index in [1.165, 1.54) is 0 Å². The van der Waals surface area contributed by atoms with Crippen LogP contribution < -0.4 is 20.9 Å². The van der Waals surface area contributed by atoms with Crippen molar-refractivity contribution in [1.29, 1.82) is 0 Å². The molecule has 9 heteroatoms. The third-order valence-electron chi connectivity index (χ3n) is 7.87. The maximum atomic E-state index is 13.3. The van der Waals surface area contributed by atoms with Gasteiger partial charge in [-0.1, -0.05) is 18.2 Å². The van der Waals surface area contributed by atoms with Crippen molar-refractivity contribution in [2.24, 2.45) is 17.8 Å². The molecule has 2 heterocycles. The van der Waals surface area contributed by atoms with Gasteiger partial charge in [0, 0.05) is 45.0 Å². The van der Waals surface area contributed by atoms with Crippen molar-refractivity contribution in [2.45, 2.75) is 51.9 Å². The standard InChI is InChI=1S/C28H39N5O4/c1-19(34)29-13-10-20-11-14-33(15-12-20)26-16-24(23-4-2-3-5-25(23)32-26)27(35)30-17-21-6-8-22(9-7-21)18-31-28(36)37/h2-5,16,20-22,31H,6-15,17-18H2,1H3,(H,29,34)(H,30,35)(H,36,37)/t21-,22-. The number of pyridine rings is 1. The Bertz CT molecular complexity index is 1090. The van der Waals surface area contributed by atoms with Crippen molar-refractivity contribution in [3.05, 3.63) is 35.9 Å². The van der Waals surface area contributed by atoms with Gasteiger partial charge in [-0.3, -0.25) is 9.59 Å². The Morgan fingerprint density at radius 2 is 1.57 bits per heavy atom. The van der Waals surface area contributed by atoms with E-state index < -0.39 is 6.09 Å². The second-order valence-corrected chi connectivity index (χ2v) is 10.5. The number of piperidine rings is 1. The van der Waals surface area contributed by atoms with Crippen LogP contribution in [0.15, 0.2) is 30.3 Å². The lowest BCUT2D eigenvalue weighted by atomic mass is 9.82. The number of carbonyl (C=O) groups excluding carboxylic acids is 2. The summed E-state index contributed by atoms with van der Waals surface area (Å²) in [4.78, 5) is 42.3. The molecule has 2 aromatic rings. The van der Waals surface area contributed by atoms with Crippen LogP contribution in [0.25, 0.3) is 10.9 Å². The van der Waals surface area contributed by atoms with E-state index in [0.29, 0.717) is 36.4 Å². The summed E-state index contributed by atoms with van der Waals surface area (Å²) in [6.45, 7) is 5.18. The van der Waals surface area contributed by atoms with Crippen LogP contribution in [0.1, 0.15) is 62.2 Å². The third-order valence-corrected chi connectivity index (χ3v) is 7.87. The molecule has 0 atom stereocenters. The lowest BCUT2D eigenvalue weighted by Crippen LogP contribution is -2.36. The Kier molecular flexibility index (Phi) is 9.19. The summed E-state index contributed by atoms with van der Waals surface area (Å²) in [5.74, 6) is 2.17. The van der Waals surface area contributed by atoms with Gasteiger partial charge in [-0.2, -0.15) is 0 Å². The number of anilines is 1. The zero-order valence-electron chi connectivity index (χ0n) is 21.7. The predicted molar refractivity (Wildman–Crippen MR) is 144 cm³/mol. The van der Waals surface area contributed by atoms with Crippen molar-refractivity contribution < 1.29 is 19.5 Å². The lowest BCUT2D eigenvalue weighted by molar-refractivity contribution is -0.119. The van der Waals surface area contributed by atoms with Gasteiger partial charge in [0.15, 0.2) is 0 Å². The van der Waals surface area contributed by atoms with Crippen LogP contribution in [0.2, 0.25) is 0 Å². The van der Waals surface area contributed by atoms with Gasteiger partial charge in [0.05, 0.1) is 11.1 Å². The molecule has 3 amide bonds. The van der Waals surface area contributed by atoms with Gasteiger partial charge in [0.25, 0.3) is 5.91 Å². The number of aromatic nitrogens is 1. The SMILES string of the molecule is CC(=O)NCCC1CCN(c2cc(C(=O)NC[C@H]3CC[C@H](CNC(=O)O)CC3)c3ccccc3n2)CC1. The van der Waals surface area contributed by atoms with Crippen molar-refractivity contribution in [3.63, 3.8) is 0 Å². The molecule has 1 aliphatic carbocycles. The molecule has 200 valence electrons. The van der Waals surface area contributed by atoms with Crippen LogP contribution in [-0.2, 0) is 4.79 Å². The molecule has 0 radical (unpaired) electrons. The van der Waals surface area contributed by atoms with Crippen molar-refractivity contribution in [1.82, 2.24) is 20.9 Å². The van der Waals surface area contributed by atoms with E-state index in [-0.39, 0.29) is 11.8 Å². The number of carbonyl (C=O) groups is 3. The molecular formula is C28H39N5O4. The number of amides is 3. The van der Waals surface area contributed by atoms with E-state index in [1.807, 2.05) is 30.3 Å². The number of para-hydroxylation sites is 1. The summed E-state index contributed by atoms with van der Waals surface area (Å²) in [6, 6.07) is 9.74. The first-order valence-corrected chi connectivity index (χ1v) is 13.5. The molecule has 0 bridgehead atoms. The third kappa shape index (κ3) is 7.57. The highest BCUT2D eigenvalue weighted by Crippen LogP contribution is 2.29. The van der Waals surface area contributed by atoms with E-state index in [9.17, 15) is 14.4 Å². The largest absolute Gasteiger partial charge is 0.465 e. The first kappa shape index (κ1) is 26.7. The van der Waals surface area contributed by atoms with Gasteiger partial charge in [-0.25, -0.2) is 9.78 Å². The van der Waals surface area contributed by atoms with E-state index in [0.717, 1.165) is 81.3 Å². The number of hydrogen-bond acceptors (Lipinski definition) is 5. The smallest absolute Gasteiger partial charge is 0.404 e. The fourth-order valence-electron chi connectivity index (χ4n) is 5.62. The molecule has 4 N–H and O–H groups in total. The average molecular weight is 510 g/mol. The molecule has 0 spiro atoms. The highest BCUT2D eigenvalue weighted by molar-refractivity contribution is 6.07. The first-order chi connectivity index (χ1) is 17.9. The number of hydrogen-bond donors (Lipinski definition) is 4. The Morgan fingerprint density at radius 1 is 0.919 bits per heavy atom. The zero-order chi connectivity index (χ0) is 26.2. The Balaban J connectivity index is 1.35. The molecular weight excluding hydrogens is 470 g/mol. The van der Waals surface area contributed by atoms with Crippen LogP contribution >= 0.6 is 0 Å². The number of nitrogens with one attached hydrogen (secondary N) is 3. The topological polar surface area (TPSA) is 124 Å². The molecule has 1 saturated heterocycles. The fourth-order valence-corrected chi connectivity index (χ4v) is 5.62. The van der Waals surface area contributed by atoms with Gasteiger partial charge in [0.1, 0.15) is 5.82 Å². The van der Waals surface area contributed by atoms with Crippen LogP contribution in [0.3, 0.4) is 0 Å². The maximum absolute atomic E-state index is 13.3. The maximum Gasteiger partial charge on any atom is 0.404 e. The van der Waals surface area contributed by atoms with Gasteiger partial charge in [-0.15, -0.1) is 0 Å². The van der Waals surface area contributed by atoms with Crippen molar-refractivity contribution in [2.75, 3.05) is 37.6 Å². The van der Waals surface area contributed by atoms with Crippen molar-refractivity contribution >= 4 is 34.6 Å². The van der Waals surface area contributed by atoms with Gasteiger partial charge in [-0.05, 0) is 74.8 Å². The minimum Gasteiger partial charge on any atom is -0.465 e. The number of benzene rings is 1. The predicted octanol–water partition coefficient (Wildman–Crippen LogP) is 3.78. The molecule has 1 saturated carbocycles. The Hall–Kier alpha value is -3.36. The van der Waals surface area contributed by atoms with Gasteiger partial charge in [0.2, 0.25) is 5.91 Å². The van der Waals surface area contributed by atoms with Gasteiger partial charge >= 0.3 is 6.09 Å². The molecule has 2 fully saturated rings. The van der Waals surface area contributed by atoms with Crippen LogP contribution in [0.5, 0.6) is 0 Å². The Labute approximate surface area is 218 Å². The summed E-state index contributed by atoms with van der Waals surface area (Å²) >= 11 is 0. The summed E-state index contributed by atoms with van der Waals surface area (Å²) in [7, 11) is 0. The monoisotopic (exact) mass is 509 g/mol. The molecule has 1 aromatic heterocycles. The number of rotatable bonds is 9. The molecule has 1 aromatic carbocycles. The van der Waals surface area contributed by atoms with E-state index in [2.05, 4.69) is 20.9 Å². The number of carboxylic acid groups (broad SMARTS) is 1. The average Bonchev–Trinajstić information content (AvgIpc) is 2.90. The summed E-state index contributed by atoms with van der Waals surface area (Å²) < 4.78 is 0. The molecule has 4 rings (SSSR count). The molecule has 1 aliphatic heterocycles. The zero-order valence-corrected chi connectivity index (χ0v) is 21.7. The van der Waals surface area contributed by atoms with Crippen LogP contribution in [-0.4, -0.2) is 60.7 Å². The normalized spacial score (nSPS) is 20.4. The minimum atomic E-state index is -0.968. The Morgan fingerprint density at radius 3 is 2.22 bits per heavy atom. The second-order valence-electron chi connectivity index (χ2n) is 10.5. The van der Waals surface area contributed by atoms with E-state index >= 15 is 0 Å². The highest BCUT2D eigenvalue weighted by atomic mass is 16.4. The van der Waals surface area contributed by atoms with Gasteiger partial charge < -0.3 is 26.0 Å². The molecule has 0 unspecified atom stereocenters.